The van der Waals surface area contributed by atoms with Crippen LogP contribution in [0.1, 0.15) is 5.56 Å². The van der Waals surface area contributed by atoms with Crippen molar-refractivity contribution in [1.29, 1.82) is 5.26 Å². The largest absolute Gasteiger partial charge is 0.573 e. The molecule has 1 rings (SSSR count). The number of phenols is 1. The molecule has 6 heteroatoms. The third kappa shape index (κ3) is 2.55. The van der Waals surface area contributed by atoms with Crippen LogP contribution in [0.15, 0.2) is 18.2 Å². The minimum absolute atomic E-state index is 0.295. The van der Waals surface area contributed by atoms with Gasteiger partial charge in [-0.15, -0.1) is 13.2 Å². The lowest BCUT2D eigenvalue weighted by Crippen LogP contribution is -2.17. The Hall–Kier alpha value is -1.90. The van der Waals surface area contributed by atoms with Crippen molar-refractivity contribution in [3.05, 3.63) is 23.8 Å². The molecule has 1 aromatic carbocycles. The predicted molar refractivity (Wildman–Crippen MR) is 39.5 cm³/mol. The van der Waals surface area contributed by atoms with E-state index in [1.54, 1.807) is 0 Å². The molecule has 0 spiro atoms. The van der Waals surface area contributed by atoms with Crippen LogP contribution in [-0.2, 0) is 0 Å². The maximum Gasteiger partial charge on any atom is 0.573 e. The normalized spacial score (nSPS) is 10.7. The lowest BCUT2D eigenvalue weighted by atomic mass is 10.2. The van der Waals surface area contributed by atoms with Crippen molar-refractivity contribution in [2.24, 2.45) is 0 Å². The summed E-state index contributed by atoms with van der Waals surface area (Å²) in [5.41, 5.74) is -0.373. The molecule has 0 saturated heterocycles. The van der Waals surface area contributed by atoms with Gasteiger partial charge in [0, 0.05) is 6.07 Å². The predicted octanol–water partition coefficient (Wildman–Crippen LogP) is 2.16. The van der Waals surface area contributed by atoms with Gasteiger partial charge in [0.1, 0.15) is 17.6 Å². The topological polar surface area (TPSA) is 53.2 Å². The van der Waals surface area contributed by atoms with Crippen LogP contribution < -0.4 is 4.74 Å². The van der Waals surface area contributed by atoms with Gasteiger partial charge in [-0.1, -0.05) is 0 Å². The van der Waals surface area contributed by atoms with Crippen molar-refractivity contribution >= 4 is 0 Å². The van der Waals surface area contributed by atoms with Crippen molar-refractivity contribution in [2.45, 2.75) is 6.36 Å². The van der Waals surface area contributed by atoms with Gasteiger partial charge in [-0.3, -0.25) is 0 Å². The summed E-state index contributed by atoms with van der Waals surface area (Å²) >= 11 is 0. The summed E-state index contributed by atoms with van der Waals surface area (Å²) in [6.45, 7) is 0. The van der Waals surface area contributed by atoms with Crippen LogP contribution in [0.5, 0.6) is 11.5 Å². The molecule has 0 aromatic heterocycles. The zero-order valence-electron chi connectivity index (χ0n) is 6.67. The third-order valence-electron chi connectivity index (χ3n) is 1.31. The first kappa shape index (κ1) is 10.2. The molecule has 0 bridgehead atoms. The van der Waals surface area contributed by atoms with Crippen LogP contribution in [-0.4, -0.2) is 11.5 Å². The van der Waals surface area contributed by atoms with Crippen LogP contribution in [0, 0.1) is 11.3 Å². The van der Waals surface area contributed by atoms with Gasteiger partial charge < -0.3 is 9.84 Å². The molecule has 0 unspecified atom stereocenters. The molecule has 74 valence electrons. The lowest BCUT2D eigenvalue weighted by Gasteiger charge is -2.09. The van der Waals surface area contributed by atoms with E-state index in [2.05, 4.69) is 4.74 Å². The zero-order chi connectivity index (χ0) is 10.8. The van der Waals surface area contributed by atoms with E-state index >= 15 is 0 Å². The number of rotatable bonds is 1. The summed E-state index contributed by atoms with van der Waals surface area (Å²) in [5.74, 6) is -0.922. The van der Waals surface area contributed by atoms with Crippen molar-refractivity contribution in [3.63, 3.8) is 0 Å². The minimum Gasteiger partial charge on any atom is -0.508 e. The first-order valence-electron chi connectivity index (χ1n) is 3.41. The fourth-order valence-electron chi connectivity index (χ4n) is 0.819. The van der Waals surface area contributed by atoms with Crippen LogP contribution in [0.3, 0.4) is 0 Å². The highest BCUT2D eigenvalue weighted by Gasteiger charge is 2.32. The highest BCUT2D eigenvalue weighted by atomic mass is 19.4. The molecule has 0 saturated carbocycles. The molecule has 14 heavy (non-hydrogen) atoms. The van der Waals surface area contributed by atoms with Gasteiger partial charge in [0.05, 0.1) is 5.56 Å². The smallest absolute Gasteiger partial charge is 0.508 e. The van der Waals surface area contributed by atoms with Gasteiger partial charge in [-0.05, 0) is 12.1 Å². The van der Waals surface area contributed by atoms with Crippen LogP contribution in [0.25, 0.3) is 0 Å². The van der Waals surface area contributed by atoms with Gasteiger partial charge >= 0.3 is 6.36 Å². The number of nitriles is 1. The highest BCUT2D eigenvalue weighted by molar-refractivity contribution is 5.47. The second kappa shape index (κ2) is 3.46. The fourth-order valence-corrected chi connectivity index (χ4v) is 0.819. The number of alkyl halides is 3. The van der Waals surface area contributed by atoms with E-state index in [0.29, 0.717) is 0 Å². The number of hydrogen-bond acceptors (Lipinski definition) is 3. The SMILES string of the molecule is N#Cc1cc(O)ccc1OC(F)(F)F. The third-order valence-corrected chi connectivity index (χ3v) is 1.31. The zero-order valence-corrected chi connectivity index (χ0v) is 6.67. The first-order chi connectivity index (χ1) is 6.42. The second-order valence-electron chi connectivity index (χ2n) is 2.34. The molecule has 3 nitrogen and oxygen atoms in total. The summed E-state index contributed by atoms with van der Waals surface area (Å²) in [7, 11) is 0. The van der Waals surface area contributed by atoms with E-state index in [1.807, 2.05) is 0 Å². The number of benzene rings is 1. The van der Waals surface area contributed by atoms with Crippen molar-refractivity contribution in [1.82, 2.24) is 0 Å². The Balaban J connectivity index is 3.05. The Morgan fingerprint density at radius 2 is 2.00 bits per heavy atom. The Labute approximate surface area is 77.0 Å². The van der Waals surface area contributed by atoms with Crippen LogP contribution in [0.4, 0.5) is 13.2 Å². The molecule has 1 N–H and O–H groups in total. The average Bonchev–Trinajstić information content (AvgIpc) is 2.06. The molecule has 0 aliphatic rings. The Morgan fingerprint density at radius 3 is 2.50 bits per heavy atom. The van der Waals surface area contributed by atoms with E-state index in [1.165, 1.54) is 6.07 Å². The molecule has 1 aromatic rings. The number of nitrogens with zero attached hydrogens (tertiary/aromatic N) is 1. The number of halogens is 3. The molecule has 0 heterocycles. The van der Waals surface area contributed by atoms with E-state index in [4.69, 9.17) is 10.4 Å². The van der Waals surface area contributed by atoms with Crippen molar-refractivity contribution in [2.75, 3.05) is 0 Å². The molecule has 0 radical (unpaired) electrons. The Morgan fingerprint density at radius 1 is 1.36 bits per heavy atom. The average molecular weight is 203 g/mol. The monoisotopic (exact) mass is 203 g/mol. The number of hydrogen-bond donors (Lipinski definition) is 1. The Kier molecular flexibility index (Phi) is 2.51. The molecular formula is C8H4F3NO2. The van der Waals surface area contributed by atoms with Crippen molar-refractivity contribution in [3.8, 4) is 17.6 Å². The summed E-state index contributed by atoms with van der Waals surface area (Å²) in [6, 6.07) is 4.24. The summed E-state index contributed by atoms with van der Waals surface area (Å²) in [5, 5.41) is 17.3. The molecule has 0 aliphatic heterocycles. The number of phenolic OH excluding ortho intramolecular Hbond substituents is 1. The molecule has 0 fully saturated rings. The van der Waals surface area contributed by atoms with Gasteiger partial charge in [0.2, 0.25) is 0 Å². The van der Waals surface area contributed by atoms with Crippen LogP contribution in [0.2, 0.25) is 0 Å². The molecule has 0 atom stereocenters. The van der Waals surface area contributed by atoms with Crippen molar-refractivity contribution < 1.29 is 23.0 Å². The van der Waals surface area contributed by atoms with Gasteiger partial charge in [-0.2, -0.15) is 5.26 Å². The summed E-state index contributed by atoms with van der Waals surface area (Å²) in [6.07, 6.45) is -4.84. The number of aromatic hydroxyl groups is 1. The maximum atomic E-state index is 11.8. The Bertz CT molecular complexity index is 381. The number of ether oxygens (including phenoxy) is 1. The van der Waals surface area contributed by atoms with Crippen LogP contribution >= 0.6 is 0 Å². The first-order valence-corrected chi connectivity index (χ1v) is 3.41. The summed E-state index contributed by atoms with van der Waals surface area (Å²) in [4.78, 5) is 0. The van der Waals surface area contributed by atoms with Gasteiger partial charge in [0.15, 0.2) is 0 Å². The molecule has 0 aliphatic carbocycles. The highest BCUT2D eigenvalue weighted by Crippen LogP contribution is 2.28. The standard InChI is InChI=1S/C8H4F3NO2/c9-8(10,11)14-7-2-1-6(13)3-5(7)4-12/h1-3,13H. The van der Waals surface area contributed by atoms with Gasteiger partial charge in [0.25, 0.3) is 0 Å². The summed E-state index contributed by atoms with van der Waals surface area (Å²) < 4.78 is 38.8. The quantitative estimate of drug-likeness (QED) is 0.760. The second-order valence-corrected chi connectivity index (χ2v) is 2.34. The van der Waals surface area contributed by atoms with E-state index in [-0.39, 0.29) is 11.3 Å². The fraction of sp³-hybridized carbons (Fsp3) is 0.125. The molecule has 0 amide bonds. The van der Waals surface area contributed by atoms with E-state index < -0.39 is 12.1 Å². The lowest BCUT2D eigenvalue weighted by molar-refractivity contribution is -0.274. The van der Waals surface area contributed by atoms with E-state index in [9.17, 15) is 13.2 Å². The van der Waals surface area contributed by atoms with E-state index in [0.717, 1.165) is 18.2 Å². The minimum atomic E-state index is -4.84. The van der Waals surface area contributed by atoms with Gasteiger partial charge in [-0.25, -0.2) is 0 Å². The molecular weight excluding hydrogens is 199 g/mol. The maximum absolute atomic E-state index is 11.8.